The van der Waals surface area contributed by atoms with Gasteiger partial charge in [0, 0.05) is 17.4 Å². The number of pyridine rings is 1. The van der Waals surface area contributed by atoms with Crippen LogP contribution in [0.15, 0.2) is 30.5 Å². The molecular formula is C18H19N3. The van der Waals surface area contributed by atoms with Crippen molar-refractivity contribution in [3.8, 4) is 11.1 Å². The maximum atomic E-state index is 6.49. The maximum absolute atomic E-state index is 6.49. The fourth-order valence-electron chi connectivity index (χ4n) is 3.59. The van der Waals surface area contributed by atoms with Crippen LogP contribution in [0.1, 0.15) is 28.8 Å². The molecule has 3 nitrogen and oxygen atoms in total. The van der Waals surface area contributed by atoms with Gasteiger partial charge in [0.25, 0.3) is 0 Å². The van der Waals surface area contributed by atoms with E-state index >= 15 is 0 Å². The van der Waals surface area contributed by atoms with Crippen LogP contribution in [0, 0.1) is 13.8 Å². The van der Waals surface area contributed by atoms with Crippen LogP contribution >= 0.6 is 0 Å². The van der Waals surface area contributed by atoms with Crippen molar-refractivity contribution in [3.63, 3.8) is 0 Å². The molecule has 3 heteroatoms. The summed E-state index contributed by atoms with van der Waals surface area (Å²) in [6.07, 6.45) is 5.52. The Morgan fingerprint density at radius 2 is 2.00 bits per heavy atom. The largest absolute Gasteiger partial charge is 0.398 e. The lowest BCUT2D eigenvalue weighted by atomic mass is 9.93. The summed E-state index contributed by atoms with van der Waals surface area (Å²) < 4.78 is 1.91. The van der Waals surface area contributed by atoms with Gasteiger partial charge in [-0.3, -0.25) is 0 Å². The minimum Gasteiger partial charge on any atom is -0.398 e. The summed E-state index contributed by atoms with van der Waals surface area (Å²) in [5, 5.41) is 4.44. The predicted molar refractivity (Wildman–Crippen MR) is 86.5 cm³/mol. The van der Waals surface area contributed by atoms with Gasteiger partial charge in [-0.1, -0.05) is 6.07 Å². The number of hydrogen-bond acceptors (Lipinski definition) is 2. The van der Waals surface area contributed by atoms with Crippen LogP contribution in [-0.4, -0.2) is 9.61 Å². The van der Waals surface area contributed by atoms with Gasteiger partial charge in [-0.15, -0.1) is 0 Å². The molecule has 2 N–H and O–H groups in total. The molecule has 0 spiro atoms. The fraction of sp³-hybridized carbons (Fsp3) is 0.278. The second-order valence-corrected chi connectivity index (χ2v) is 6.04. The van der Waals surface area contributed by atoms with E-state index in [0.29, 0.717) is 0 Å². The van der Waals surface area contributed by atoms with Crippen LogP contribution < -0.4 is 5.73 Å². The van der Waals surface area contributed by atoms with Gasteiger partial charge in [-0.25, -0.2) is 4.52 Å². The summed E-state index contributed by atoms with van der Waals surface area (Å²) in [5.41, 5.74) is 16.1. The summed E-state index contributed by atoms with van der Waals surface area (Å²) in [6.45, 7) is 4.18. The number of nitrogen functional groups attached to an aromatic ring is 1. The average molecular weight is 277 g/mol. The SMILES string of the molecule is Cc1cc2cc(-c3c(C)cc4c(c3N)CCC4)ccn2n1. The zero-order valence-electron chi connectivity index (χ0n) is 12.5. The van der Waals surface area contributed by atoms with Gasteiger partial charge in [-0.05, 0) is 73.6 Å². The first kappa shape index (κ1) is 12.5. The third kappa shape index (κ3) is 1.84. The zero-order chi connectivity index (χ0) is 14.6. The smallest absolute Gasteiger partial charge is 0.0670 e. The van der Waals surface area contributed by atoms with Gasteiger partial charge in [0.1, 0.15) is 0 Å². The van der Waals surface area contributed by atoms with Crippen LogP contribution in [0.25, 0.3) is 16.6 Å². The maximum Gasteiger partial charge on any atom is 0.0670 e. The Balaban J connectivity index is 1.95. The van der Waals surface area contributed by atoms with Gasteiger partial charge in [0.15, 0.2) is 0 Å². The Labute approximate surface area is 124 Å². The number of hydrogen-bond donors (Lipinski definition) is 1. The molecule has 0 atom stereocenters. The molecule has 21 heavy (non-hydrogen) atoms. The molecular weight excluding hydrogens is 258 g/mol. The topological polar surface area (TPSA) is 43.3 Å². The highest BCUT2D eigenvalue weighted by atomic mass is 15.2. The minimum atomic E-state index is 0.975. The van der Waals surface area contributed by atoms with E-state index in [2.05, 4.69) is 36.3 Å². The molecule has 0 fully saturated rings. The molecule has 106 valence electrons. The van der Waals surface area contributed by atoms with E-state index in [4.69, 9.17) is 5.73 Å². The lowest BCUT2D eigenvalue weighted by molar-refractivity contribution is 0.912. The number of benzene rings is 1. The number of nitrogens with zero attached hydrogens (tertiary/aromatic N) is 2. The quantitative estimate of drug-likeness (QED) is 0.689. The summed E-state index contributed by atoms with van der Waals surface area (Å²) in [7, 11) is 0. The second kappa shape index (κ2) is 4.35. The lowest BCUT2D eigenvalue weighted by Gasteiger charge is -2.15. The van der Waals surface area contributed by atoms with Crippen LogP contribution in [0.4, 0.5) is 5.69 Å². The van der Waals surface area contributed by atoms with Gasteiger partial charge in [-0.2, -0.15) is 5.10 Å². The molecule has 4 rings (SSSR count). The van der Waals surface area contributed by atoms with E-state index in [1.54, 1.807) is 0 Å². The van der Waals surface area contributed by atoms with Crippen molar-refractivity contribution in [1.29, 1.82) is 0 Å². The monoisotopic (exact) mass is 277 g/mol. The van der Waals surface area contributed by atoms with E-state index in [-0.39, 0.29) is 0 Å². The van der Waals surface area contributed by atoms with E-state index in [9.17, 15) is 0 Å². The second-order valence-electron chi connectivity index (χ2n) is 6.04. The molecule has 2 heterocycles. The molecule has 0 aliphatic heterocycles. The number of aromatic nitrogens is 2. The van der Waals surface area contributed by atoms with Crippen molar-refractivity contribution >= 4 is 11.2 Å². The first-order valence-electron chi connectivity index (χ1n) is 7.51. The number of fused-ring (bicyclic) bond motifs is 2. The molecule has 0 radical (unpaired) electrons. The minimum absolute atomic E-state index is 0.975. The van der Waals surface area contributed by atoms with Crippen molar-refractivity contribution in [2.24, 2.45) is 0 Å². The fourth-order valence-corrected chi connectivity index (χ4v) is 3.59. The molecule has 2 aromatic heterocycles. The lowest BCUT2D eigenvalue weighted by Crippen LogP contribution is -2.00. The standard InChI is InChI=1S/C18H19N3/c1-11-8-13-4-3-5-16(13)18(19)17(11)14-6-7-21-15(10-14)9-12(2)20-21/h6-10H,3-5,19H2,1-2H3. The van der Waals surface area contributed by atoms with Crippen molar-refractivity contribution in [3.05, 3.63) is 52.8 Å². The Morgan fingerprint density at radius 1 is 1.14 bits per heavy atom. The molecule has 0 saturated carbocycles. The Morgan fingerprint density at radius 3 is 2.86 bits per heavy atom. The summed E-state index contributed by atoms with van der Waals surface area (Å²) in [5.74, 6) is 0. The third-order valence-corrected chi connectivity index (χ3v) is 4.51. The highest BCUT2D eigenvalue weighted by Crippen LogP contribution is 2.38. The normalized spacial score (nSPS) is 13.8. The summed E-state index contributed by atoms with van der Waals surface area (Å²) in [4.78, 5) is 0. The third-order valence-electron chi connectivity index (χ3n) is 4.51. The van der Waals surface area contributed by atoms with Gasteiger partial charge in [0.05, 0.1) is 11.2 Å². The number of nitrogens with two attached hydrogens (primary N) is 1. The first-order chi connectivity index (χ1) is 10.1. The zero-order valence-corrected chi connectivity index (χ0v) is 12.5. The molecule has 1 aromatic carbocycles. The van der Waals surface area contributed by atoms with Crippen LogP contribution in [0.3, 0.4) is 0 Å². The van der Waals surface area contributed by atoms with Gasteiger partial charge < -0.3 is 5.73 Å². The van der Waals surface area contributed by atoms with Crippen LogP contribution in [0.5, 0.6) is 0 Å². The molecule has 0 saturated heterocycles. The average Bonchev–Trinajstić information content (AvgIpc) is 3.03. The molecule has 1 aliphatic rings. The molecule has 0 amide bonds. The molecule has 0 unspecified atom stereocenters. The van der Waals surface area contributed by atoms with Crippen LogP contribution in [-0.2, 0) is 12.8 Å². The molecule has 0 bridgehead atoms. The van der Waals surface area contributed by atoms with E-state index in [0.717, 1.165) is 23.3 Å². The van der Waals surface area contributed by atoms with E-state index in [1.807, 2.05) is 17.6 Å². The summed E-state index contributed by atoms with van der Waals surface area (Å²) >= 11 is 0. The first-order valence-corrected chi connectivity index (χ1v) is 7.51. The van der Waals surface area contributed by atoms with Crippen LogP contribution in [0.2, 0.25) is 0 Å². The highest BCUT2D eigenvalue weighted by Gasteiger charge is 2.19. The van der Waals surface area contributed by atoms with E-state index in [1.165, 1.54) is 40.7 Å². The Hall–Kier alpha value is -2.29. The molecule has 1 aliphatic carbocycles. The van der Waals surface area contributed by atoms with Crippen molar-refractivity contribution < 1.29 is 0 Å². The van der Waals surface area contributed by atoms with Crippen molar-refractivity contribution in [2.75, 3.05) is 5.73 Å². The number of anilines is 1. The van der Waals surface area contributed by atoms with Crippen molar-refractivity contribution in [2.45, 2.75) is 33.1 Å². The predicted octanol–water partition coefficient (Wildman–Crippen LogP) is 3.69. The highest BCUT2D eigenvalue weighted by molar-refractivity contribution is 5.84. The Kier molecular flexibility index (Phi) is 2.58. The van der Waals surface area contributed by atoms with Gasteiger partial charge >= 0.3 is 0 Å². The Bertz CT molecular complexity index is 859. The summed E-state index contributed by atoms with van der Waals surface area (Å²) in [6, 6.07) is 8.71. The van der Waals surface area contributed by atoms with Gasteiger partial charge in [0.2, 0.25) is 0 Å². The number of rotatable bonds is 1. The number of aryl methyl sites for hydroxylation is 3. The van der Waals surface area contributed by atoms with Crippen molar-refractivity contribution in [1.82, 2.24) is 9.61 Å². The molecule has 3 aromatic rings. The van der Waals surface area contributed by atoms with E-state index < -0.39 is 0 Å².